The number of hydrogen-bond donors (Lipinski definition) is 2. The zero-order chi connectivity index (χ0) is 31.0. The maximum absolute atomic E-state index is 16.4. The fraction of sp³-hybridized carbons (Fsp3) is 0.433. The number of ether oxygens (including phenoxy) is 1. The molecular weight excluding hydrogens is 568 g/mol. The smallest absolute Gasteiger partial charge is 0.272 e. The van der Waals surface area contributed by atoms with Gasteiger partial charge < -0.3 is 29.7 Å². The van der Waals surface area contributed by atoms with Crippen molar-refractivity contribution in [3.05, 3.63) is 69.8 Å². The summed E-state index contributed by atoms with van der Waals surface area (Å²) in [4.78, 5) is 37.7. The van der Waals surface area contributed by atoms with Crippen LogP contribution in [0.3, 0.4) is 0 Å². The second-order valence-electron chi connectivity index (χ2n) is 11.2. The molecule has 0 unspecified atom stereocenters. The van der Waals surface area contributed by atoms with Crippen molar-refractivity contribution < 1.29 is 27.1 Å². The number of nitrogens with one attached hydrogen (secondary N) is 2. The first-order chi connectivity index (χ1) is 20.4. The Balaban J connectivity index is 1.54. The standard InChI is InChI=1S/C30H34F4N6O3/c1-16-13-39(8-7-38(16)4)23-11-21(31)26(19-5-6-24(35-12-19)40-14-17(2)43-18(3)15-40)27(32)28(23)37-30(42)22-9-20(29(33)34)10-25(41)36-22/h5-6,9-12,16-18,29H,7-8,13-15H2,1-4H3,(H,36,41)(H,37,42)/t16-,17-,18+/m0/s1. The van der Waals surface area contributed by atoms with E-state index in [9.17, 15) is 18.4 Å². The van der Waals surface area contributed by atoms with E-state index < -0.39 is 46.3 Å². The topological polar surface area (TPSA) is 93.8 Å². The van der Waals surface area contributed by atoms with E-state index >= 15 is 8.78 Å². The number of carbonyl (C=O) groups is 1. The zero-order valence-electron chi connectivity index (χ0n) is 24.3. The number of likely N-dealkylation sites (N-methyl/N-ethyl adjacent to an activating group) is 1. The van der Waals surface area contributed by atoms with Crippen molar-refractivity contribution in [3.8, 4) is 11.1 Å². The van der Waals surface area contributed by atoms with E-state index in [1.54, 1.807) is 17.0 Å². The SMILES string of the molecule is C[C@@H]1CN(c2ccc(-c3c(F)cc(N4CCN(C)[C@@H](C)C4)c(NC(=O)c4cc(C(F)F)cc(=O)[nH]4)c3F)cn2)C[C@H](C)O1. The van der Waals surface area contributed by atoms with Crippen molar-refractivity contribution in [1.29, 1.82) is 0 Å². The zero-order valence-corrected chi connectivity index (χ0v) is 24.3. The third-order valence-electron chi connectivity index (χ3n) is 7.88. The van der Waals surface area contributed by atoms with Crippen LogP contribution >= 0.6 is 0 Å². The van der Waals surface area contributed by atoms with E-state index in [0.29, 0.717) is 44.6 Å². The third-order valence-corrected chi connectivity index (χ3v) is 7.88. The second-order valence-corrected chi connectivity index (χ2v) is 11.2. The van der Waals surface area contributed by atoms with Gasteiger partial charge in [0.2, 0.25) is 5.56 Å². The van der Waals surface area contributed by atoms with Crippen LogP contribution in [-0.2, 0) is 4.74 Å². The molecule has 43 heavy (non-hydrogen) atoms. The first-order valence-electron chi connectivity index (χ1n) is 14.1. The van der Waals surface area contributed by atoms with E-state index in [-0.39, 0.29) is 35.2 Å². The minimum atomic E-state index is -3.00. The Morgan fingerprint density at radius 1 is 1.05 bits per heavy atom. The molecule has 2 aliphatic rings. The summed E-state index contributed by atoms with van der Waals surface area (Å²) in [6.45, 7) is 8.56. The first-order valence-corrected chi connectivity index (χ1v) is 14.1. The number of piperazine rings is 1. The fourth-order valence-corrected chi connectivity index (χ4v) is 5.59. The molecule has 5 rings (SSSR count). The average Bonchev–Trinajstić information content (AvgIpc) is 2.95. The van der Waals surface area contributed by atoms with Crippen LogP contribution in [-0.4, -0.2) is 78.8 Å². The van der Waals surface area contributed by atoms with E-state index in [2.05, 4.69) is 20.2 Å². The number of aromatic amines is 1. The van der Waals surface area contributed by atoms with Crippen molar-refractivity contribution in [2.75, 3.05) is 54.9 Å². The lowest BCUT2D eigenvalue weighted by molar-refractivity contribution is -0.00546. The number of benzene rings is 1. The summed E-state index contributed by atoms with van der Waals surface area (Å²) in [6.07, 6.45) is -1.64. The molecule has 3 aromatic rings. The Morgan fingerprint density at radius 3 is 2.40 bits per heavy atom. The van der Waals surface area contributed by atoms with Crippen molar-refractivity contribution in [3.63, 3.8) is 0 Å². The molecule has 2 fully saturated rings. The number of aromatic nitrogens is 2. The van der Waals surface area contributed by atoms with Crippen molar-refractivity contribution in [1.82, 2.24) is 14.9 Å². The lowest BCUT2D eigenvalue weighted by Crippen LogP contribution is -2.50. The molecule has 2 saturated heterocycles. The Hall–Kier alpha value is -3.97. The Morgan fingerprint density at radius 2 is 1.77 bits per heavy atom. The summed E-state index contributed by atoms with van der Waals surface area (Å²) in [5.41, 5.74) is -2.54. The van der Waals surface area contributed by atoms with Crippen LogP contribution in [0.1, 0.15) is 43.2 Å². The maximum Gasteiger partial charge on any atom is 0.272 e. The van der Waals surface area contributed by atoms with Crippen molar-refractivity contribution >= 4 is 23.1 Å². The average molecular weight is 603 g/mol. The maximum atomic E-state index is 16.4. The van der Waals surface area contributed by atoms with Gasteiger partial charge in [0.1, 0.15) is 23.0 Å². The molecule has 2 aliphatic heterocycles. The lowest BCUT2D eigenvalue weighted by Gasteiger charge is -2.39. The molecule has 0 spiro atoms. The molecule has 4 heterocycles. The van der Waals surface area contributed by atoms with Gasteiger partial charge in [-0.15, -0.1) is 0 Å². The summed E-state index contributed by atoms with van der Waals surface area (Å²) < 4.78 is 64.5. The van der Waals surface area contributed by atoms with Crippen LogP contribution in [0.2, 0.25) is 0 Å². The van der Waals surface area contributed by atoms with Gasteiger partial charge in [-0.25, -0.2) is 22.5 Å². The molecule has 0 aliphatic carbocycles. The molecular formula is C30H34F4N6O3. The normalized spacial score (nSPS) is 21.4. The highest BCUT2D eigenvalue weighted by atomic mass is 19.3. The first kappa shape index (κ1) is 30.5. The van der Waals surface area contributed by atoms with Gasteiger partial charge in [-0.3, -0.25) is 9.59 Å². The highest BCUT2D eigenvalue weighted by Crippen LogP contribution is 2.39. The number of rotatable bonds is 6. The van der Waals surface area contributed by atoms with Gasteiger partial charge in [0.25, 0.3) is 12.3 Å². The van der Waals surface area contributed by atoms with Gasteiger partial charge in [0.15, 0.2) is 5.82 Å². The van der Waals surface area contributed by atoms with Crippen LogP contribution in [0.25, 0.3) is 11.1 Å². The molecule has 0 radical (unpaired) electrons. The summed E-state index contributed by atoms with van der Waals surface area (Å²) in [5.74, 6) is -2.30. The molecule has 1 amide bonds. The molecule has 3 atom stereocenters. The predicted molar refractivity (Wildman–Crippen MR) is 156 cm³/mol. The van der Waals surface area contributed by atoms with Crippen LogP contribution in [0.15, 0.2) is 41.3 Å². The van der Waals surface area contributed by atoms with Crippen molar-refractivity contribution in [2.24, 2.45) is 0 Å². The Bertz CT molecular complexity index is 1540. The van der Waals surface area contributed by atoms with Gasteiger partial charge in [0.05, 0.1) is 23.5 Å². The number of halogens is 4. The highest BCUT2D eigenvalue weighted by Gasteiger charge is 2.29. The van der Waals surface area contributed by atoms with Gasteiger partial charge in [0, 0.05) is 68.2 Å². The van der Waals surface area contributed by atoms with Crippen molar-refractivity contribution in [2.45, 2.75) is 45.4 Å². The van der Waals surface area contributed by atoms with E-state index in [4.69, 9.17) is 4.74 Å². The van der Waals surface area contributed by atoms with Gasteiger partial charge in [-0.1, -0.05) is 0 Å². The number of alkyl halides is 2. The largest absolute Gasteiger partial charge is 0.372 e. The summed E-state index contributed by atoms with van der Waals surface area (Å²) in [5, 5.41) is 2.43. The summed E-state index contributed by atoms with van der Waals surface area (Å²) in [6, 6.07) is 5.95. The monoisotopic (exact) mass is 602 g/mol. The van der Waals surface area contributed by atoms with E-state index in [1.807, 2.05) is 32.7 Å². The Kier molecular flexibility index (Phi) is 8.74. The number of pyridine rings is 2. The lowest BCUT2D eigenvalue weighted by atomic mass is 10.0. The number of H-pyrrole nitrogens is 1. The van der Waals surface area contributed by atoms with Crippen LogP contribution in [0.5, 0.6) is 0 Å². The fourth-order valence-electron chi connectivity index (χ4n) is 5.59. The Labute approximate surface area is 246 Å². The number of carbonyl (C=O) groups excluding carboxylic acids is 1. The molecule has 13 heteroatoms. The number of nitrogens with zero attached hydrogens (tertiary/aromatic N) is 4. The summed E-state index contributed by atoms with van der Waals surface area (Å²) in [7, 11) is 1.94. The molecule has 0 bridgehead atoms. The van der Waals surface area contributed by atoms with Gasteiger partial charge in [-0.2, -0.15) is 0 Å². The number of hydrogen-bond acceptors (Lipinski definition) is 7. The summed E-state index contributed by atoms with van der Waals surface area (Å²) >= 11 is 0. The van der Waals surface area contributed by atoms with Crippen LogP contribution in [0.4, 0.5) is 34.8 Å². The number of anilines is 3. The molecule has 230 valence electrons. The molecule has 2 N–H and O–H groups in total. The van der Waals surface area contributed by atoms with E-state index in [1.165, 1.54) is 6.20 Å². The minimum absolute atomic E-state index is 0.00699. The molecule has 9 nitrogen and oxygen atoms in total. The molecule has 1 aromatic carbocycles. The van der Waals surface area contributed by atoms with Crippen LogP contribution in [0, 0.1) is 11.6 Å². The van der Waals surface area contributed by atoms with Gasteiger partial charge in [-0.05, 0) is 46.0 Å². The number of amides is 1. The van der Waals surface area contributed by atoms with Crippen LogP contribution < -0.4 is 20.7 Å². The molecule has 2 aromatic heterocycles. The quantitative estimate of drug-likeness (QED) is 0.397. The molecule has 0 saturated carbocycles. The predicted octanol–water partition coefficient (Wildman–Crippen LogP) is 4.66. The minimum Gasteiger partial charge on any atom is -0.372 e. The highest BCUT2D eigenvalue weighted by molar-refractivity contribution is 6.05. The van der Waals surface area contributed by atoms with Gasteiger partial charge >= 0.3 is 0 Å². The number of morpholine rings is 1. The van der Waals surface area contributed by atoms with E-state index in [0.717, 1.165) is 12.1 Å². The second kappa shape index (κ2) is 12.3. The third kappa shape index (κ3) is 6.52.